The highest BCUT2D eigenvalue weighted by Crippen LogP contribution is 2.39. The zero-order valence-corrected chi connectivity index (χ0v) is 15.5. The number of pyridine rings is 1. The largest absolute Gasteiger partial charge is 0.491 e. The van der Waals surface area contributed by atoms with Crippen molar-refractivity contribution in [2.75, 3.05) is 24.7 Å². The standard InChI is InChI=1S/C21H20N4O3/c1-24-19(26)12-16(14-6-8-22-9-7-14)23-21(24)25-10-11-27-20-15-4-2-3-5-18(15)28-13-17(20)25/h2-9,12,17,20H,10-11,13H2,1H3/t17-,20+/m0/s1. The van der Waals surface area contributed by atoms with Gasteiger partial charge in [0.05, 0.1) is 18.3 Å². The van der Waals surface area contributed by atoms with Crippen molar-refractivity contribution in [1.82, 2.24) is 14.5 Å². The number of para-hydroxylation sites is 1. The van der Waals surface area contributed by atoms with E-state index in [1.807, 2.05) is 36.4 Å². The summed E-state index contributed by atoms with van der Waals surface area (Å²) in [6, 6.07) is 13.2. The third-order valence-electron chi connectivity index (χ3n) is 5.36. The van der Waals surface area contributed by atoms with Crippen molar-refractivity contribution >= 4 is 5.95 Å². The molecule has 2 aliphatic rings. The summed E-state index contributed by atoms with van der Waals surface area (Å²) >= 11 is 0. The van der Waals surface area contributed by atoms with Crippen LogP contribution >= 0.6 is 0 Å². The van der Waals surface area contributed by atoms with Gasteiger partial charge < -0.3 is 14.4 Å². The number of aromatic nitrogens is 3. The molecule has 5 rings (SSSR count). The quantitative estimate of drug-likeness (QED) is 0.683. The van der Waals surface area contributed by atoms with Crippen LogP contribution in [0.4, 0.5) is 5.95 Å². The van der Waals surface area contributed by atoms with Gasteiger partial charge in [-0.2, -0.15) is 0 Å². The van der Waals surface area contributed by atoms with Gasteiger partial charge in [-0.15, -0.1) is 0 Å². The number of rotatable bonds is 2. The van der Waals surface area contributed by atoms with Crippen LogP contribution in [0, 0.1) is 0 Å². The van der Waals surface area contributed by atoms with Gasteiger partial charge in [-0.3, -0.25) is 14.3 Å². The first kappa shape index (κ1) is 16.9. The summed E-state index contributed by atoms with van der Waals surface area (Å²) in [5.74, 6) is 1.48. The molecule has 1 aromatic carbocycles. The van der Waals surface area contributed by atoms with Gasteiger partial charge in [-0.25, -0.2) is 4.98 Å². The lowest BCUT2D eigenvalue weighted by molar-refractivity contribution is -0.0164. The fraction of sp³-hybridized carbons (Fsp3) is 0.286. The van der Waals surface area contributed by atoms with E-state index >= 15 is 0 Å². The van der Waals surface area contributed by atoms with Gasteiger partial charge in [0.2, 0.25) is 5.95 Å². The first-order chi connectivity index (χ1) is 13.7. The van der Waals surface area contributed by atoms with Crippen LogP contribution in [-0.2, 0) is 11.8 Å². The van der Waals surface area contributed by atoms with E-state index in [0.29, 0.717) is 31.4 Å². The number of hydrogen-bond acceptors (Lipinski definition) is 6. The van der Waals surface area contributed by atoms with Crippen LogP contribution in [0.15, 0.2) is 59.7 Å². The maximum absolute atomic E-state index is 12.7. The SMILES string of the molecule is Cn1c(N2CCO[C@@H]3c4ccccc4OC[C@@H]32)nc(-c2ccncc2)cc1=O. The zero-order chi connectivity index (χ0) is 19.1. The minimum absolute atomic E-state index is 0.0468. The number of ether oxygens (including phenoxy) is 2. The Morgan fingerprint density at radius 1 is 1.14 bits per heavy atom. The van der Waals surface area contributed by atoms with Crippen molar-refractivity contribution in [1.29, 1.82) is 0 Å². The fourth-order valence-corrected chi connectivity index (χ4v) is 3.92. The van der Waals surface area contributed by atoms with Crippen LogP contribution in [0.1, 0.15) is 11.7 Å². The molecule has 0 aliphatic carbocycles. The Morgan fingerprint density at radius 3 is 2.82 bits per heavy atom. The number of benzene rings is 1. The Labute approximate surface area is 162 Å². The molecule has 28 heavy (non-hydrogen) atoms. The average Bonchev–Trinajstić information content (AvgIpc) is 2.75. The molecule has 0 radical (unpaired) electrons. The molecule has 2 aliphatic heterocycles. The molecule has 142 valence electrons. The number of morpholine rings is 1. The Bertz CT molecular complexity index is 1070. The van der Waals surface area contributed by atoms with Crippen LogP contribution in [0.5, 0.6) is 5.75 Å². The third-order valence-corrected chi connectivity index (χ3v) is 5.36. The van der Waals surface area contributed by atoms with Crippen molar-refractivity contribution in [3.63, 3.8) is 0 Å². The van der Waals surface area contributed by atoms with Crippen molar-refractivity contribution in [3.05, 3.63) is 70.8 Å². The third kappa shape index (κ3) is 2.75. The van der Waals surface area contributed by atoms with E-state index in [9.17, 15) is 4.79 Å². The topological polar surface area (TPSA) is 69.5 Å². The van der Waals surface area contributed by atoms with Crippen LogP contribution in [-0.4, -0.2) is 40.3 Å². The predicted octanol–water partition coefficient (Wildman–Crippen LogP) is 2.18. The summed E-state index contributed by atoms with van der Waals surface area (Å²) in [6.07, 6.45) is 3.29. The Balaban J connectivity index is 1.58. The van der Waals surface area contributed by atoms with Gasteiger partial charge in [-0.05, 0) is 18.2 Å². The van der Waals surface area contributed by atoms with E-state index in [2.05, 4.69) is 9.88 Å². The zero-order valence-electron chi connectivity index (χ0n) is 15.5. The van der Waals surface area contributed by atoms with Crippen LogP contribution in [0.3, 0.4) is 0 Å². The van der Waals surface area contributed by atoms with Gasteiger partial charge in [0, 0.05) is 43.2 Å². The van der Waals surface area contributed by atoms with E-state index in [1.165, 1.54) is 0 Å². The van der Waals surface area contributed by atoms with Crippen LogP contribution in [0.25, 0.3) is 11.3 Å². The summed E-state index contributed by atoms with van der Waals surface area (Å²) in [4.78, 5) is 23.7. The molecule has 0 N–H and O–H groups in total. The van der Waals surface area contributed by atoms with Crippen LogP contribution < -0.4 is 15.2 Å². The molecule has 0 unspecified atom stereocenters. The second kappa shape index (κ2) is 6.76. The maximum Gasteiger partial charge on any atom is 0.255 e. The molecule has 0 amide bonds. The molecule has 0 bridgehead atoms. The highest BCUT2D eigenvalue weighted by molar-refractivity contribution is 5.60. The smallest absolute Gasteiger partial charge is 0.255 e. The van der Waals surface area contributed by atoms with E-state index in [0.717, 1.165) is 16.9 Å². The molecule has 0 saturated carbocycles. The lowest BCUT2D eigenvalue weighted by atomic mass is 9.96. The molecule has 3 aromatic rings. The van der Waals surface area contributed by atoms with Crippen LogP contribution in [0.2, 0.25) is 0 Å². The first-order valence-corrected chi connectivity index (χ1v) is 9.31. The van der Waals surface area contributed by atoms with Gasteiger partial charge in [0.15, 0.2) is 0 Å². The number of hydrogen-bond donors (Lipinski definition) is 0. The molecule has 7 nitrogen and oxygen atoms in total. The monoisotopic (exact) mass is 376 g/mol. The normalized spacial score (nSPS) is 20.8. The summed E-state index contributed by atoms with van der Waals surface area (Å²) in [5, 5.41) is 0. The Hall–Kier alpha value is -3.19. The summed E-state index contributed by atoms with van der Waals surface area (Å²) < 4.78 is 13.7. The molecule has 0 spiro atoms. The summed E-state index contributed by atoms with van der Waals surface area (Å²) in [5.41, 5.74) is 2.44. The lowest BCUT2D eigenvalue weighted by Crippen LogP contribution is -2.53. The maximum atomic E-state index is 12.7. The number of nitrogens with zero attached hydrogens (tertiary/aromatic N) is 4. The van der Waals surface area contributed by atoms with Crippen molar-refractivity contribution < 1.29 is 9.47 Å². The Morgan fingerprint density at radius 2 is 1.96 bits per heavy atom. The number of fused-ring (bicyclic) bond motifs is 3. The summed E-state index contributed by atoms with van der Waals surface area (Å²) in [7, 11) is 1.75. The van der Waals surface area contributed by atoms with E-state index in [1.54, 1.807) is 30.1 Å². The average molecular weight is 376 g/mol. The molecule has 1 fully saturated rings. The van der Waals surface area contributed by atoms with E-state index in [-0.39, 0.29) is 17.7 Å². The summed E-state index contributed by atoms with van der Waals surface area (Å²) in [6.45, 7) is 1.69. The Kier molecular flexibility index (Phi) is 4.09. The molecular weight excluding hydrogens is 356 g/mol. The van der Waals surface area contributed by atoms with Crippen molar-refractivity contribution in [3.8, 4) is 17.0 Å². The molecule has 4 heterocycles. The van der Waals surface area contributed by atoms with E-state index in [4.69, 9.17) is 14.5 Å². The van der Waals surface area contributed by atoms with E-state index < -0.39 is 0 Å². The second-order valence-corrected chi connectivity index (χ2v) is 6.98. The number of anilines is 1. The molecular formula is C21H20N4O3. The minimum Gasteiger partial charge on any atom is -0.491 e. The molecule has 7 heteroatoms. The minimum atomic E-state index is -0.111. The van der Waals surface area contributed by atoms with Gasteiger partial charge in [-0.1, -0.05) is 18.2 Å². The van der Waals surface area contributed by atoms with Gasteiger partial charge in [0.1, 0.15) is 18.5 Å². The first-order valence-electron chi connectivity index (χ1n) is 9.31. The molecule has 2 atom stereocenters. The fourth-order valence-electron chi connectivity index (χ4n) is 3.92. The molecule has 1 saturated heterocycles. The van der Waals surface area contributed by atoms with Crippen molar-refractivity contribution in [2.24, 2.45) is 7.05 Å². The predicted molar refractivity (Wildman–Crippen MR) is 104 cm³/mol. The molecule has 2 aromatic heterocycles. The second-order valence-electron chi connectivity index (χ2n) is 6.98. The van der Waals surface area contributed by atoms with Crippen molar-refractivity contribution in [2.45, 2.75) is 12.1 Å². The van der Waals surface area contributed by atoms with Gasteiger partial charge >= 0.3 is 0 Å². The highest BCUT2D eigenvalue weighted by atomic mass is 16.5. The lowest BCUT2D eigenvalue weighted by Gasteiger charge is -2.44. The highest BCUT2D eigenvalue weighted by Gasteiger charge is 2.40. The van der Waals surface area contributed by atoms with Gasteiger partial charge in [0.25, 0.3) is 5.56 Å².